The van der Waals surface area contributed by atoms with Gasteiger partial charge in [0.2, 0.25) is 0 Å². The minimum Gasteiger partial charge on any atom is -0.450 e. The van der Waals surface area contributed by atoms with Crippen molar-refractivity contribution in [1.82, 2.24) is 14.8 Å². The second-order valence-electron chi connectivity index (χ2n) is 4.41. The van der Waals surface area contributed by atoms with Gasteiger partial charge in [-0.05, 0) is 19.1 Å². The van der Waals surface area contributed by atoms with Gasteiger partial charge in [-0.3, -0.25) is 4.79 Å². The first-order chi connectivity index (χ1) is 9.63. The predicted octanol–water partition coefficient (Wildman–Crippen LogP) is 0.578. The van der Waals surface area contributed by atoms with Crippen molar-refractivity contribution in [3.63, 3.8) is 0 Å². The molecule has 0 aromatic carbocycles. The molecule has 0 unspecified atom stereocenters. The first-order valence-electron chi connectivity index (χ1n) is 6.55. The van der Waals surface area contributed by atoms with E-state index in [9.17, 15) is 9.59 Å². The van der Waals surface area contributed by atoms with Crippen molar-refractivity contribution in [1.29, 1.82) is 0 Å². The quantitative estimate of drug-likeness (QED) is 0.854. The Morgan fingerprint density at radius 1 is 1.30 bits per heavy atom. The average molecular weight is 278 g/mol. The summed E-state index contributed by atoms with van der Waals surface area (Å²) in [5.41, 5.74) is 6.10. The Bertz CT molecular complexity index is 498. The summed E-state index contributed by atoms with van der Waals surface area (Å²) < 4.78 is 4.93. The number of anilines is 1. The number of carbonyl (C=O) groups excluding carboxylic acids is 2. The Morgan fingerprint density at radius 3 is 2.55 bits per heavy atom. The van der Waals surface area contributed by atoms with Gasteiger partial charge in [-0.25, -0.2) is 9.78 Å². The molecule has 1 aliphatic heterocycles. The molecule has 1 saturated heterocycles. The third-order valence-electron chi connectivity index (χ3n) is 3.16. The summed E-state index contributed by atoms with van der Waals surface area (Å²) in [6, 6.07) is 3.33. The summed E-state index contributed by atoms with van der Waals surface area (Å²) in [5, 5.41) is 0. The molecule has 2 amide bonds. The van der Waals surface area contributed by atoms with Gasteiger partial charge in [0, 0.05) is 32.4 Å². The minimum absolute atomic E-state index is 0.154. The normalized spacial score (nSPS) is 15.1. The van der Waals surface area contributed by atoms with E-state index in [0.717, 1.165) is 0 Å². The molecule has 2 N–H and O–H groups in total. The van der Waals surface area contributed by atoms with Gasteiger partial charge in [0.25, 0.3) is 5.91 Å². The maximum Gasteiger partial charge on any atom is 0.409 e. The molecule has 0 saturated carbocycles. The molecular weight excluding hydrogens is 260 g/mol. The predicted molar refractivity (Wildman–Crippen MR) is 73.1 cm³/mol. The summed E-state index contributed by atoms with van der Waals surface area (Å²) in [6.45, 7) is 3.97. The van der Waals surface area contributed by atoms with Crippen molar-refractivity contribution in [2.24, 2.45) is 0 Å². The molecule has 2 rings (SSSR count). The van der Waals surface area contributed by atoms with Crippen LogP contribution < -0.4 is 5.73 Å². The maximum atomic E-state index is 12.3. The minimum atomic E-state index is -0.333. The van der Waals surface area contributed by atoms with E-state index in [1.54, 1.807) is 35.1 Å². The number of hydrogen-bond donors (Lipinski definition) is 1. The molecular formula is C13H18N4O3. The molecule has 0 spiro atoms. The zero-order valence-electron chi connectivity index (χ0n) is 11.4. The lowest BCUT2D eigenvalue weighted by Crippen LogP contribution is -2.50. The van der Waals surface area contributed by atoms with Gasteiger partial charge in [0.05, 0.1) is 12.2 Å². The summed E-state index contributed by atoms with van der Waals surface area (Å²) in [7, 11) is 0. The van der Waals surface area contributed by atoms with E-state index in [4.69, 9.17) is 10.5 Å². The fourth-order valence-electron chi connectivity index (χ4n) is 2.08. The molecule has 7 nitrogen and oxygen atoms in total. The molecule has 0 aliphatic carbocycles. The van der Waals surface area contributed by atoms with Crippen LogP contribution >= 0.6 is 0 Å². The Morgan fingerprint density at radius 2 is 1.95 bits per heavy atom. The lowest BCUT2D eigenvalue weighted by atomic mass is 10.2. The Labute approximate surface area is 117 Å². The highest BCUT2D eigenvalue weighted by Crippen LogP contribution is 2.13. The first kappa shape index (κ1) is 14.1. The molecule has 7 heteroatoms. The summed E-state index contributed by atoms with van der Waals surface area (Å²) in [5.74, 6) is 0.0735. The number of pyridine rings is 1. The van der Waals surface area contributed by atoms with Crippen LogP contribution in [0.15, 0.2) is 18.3 Å². The summed E-state index contributed by atoms with van der Waals surface area (Å²) in [6.07, 6.45) is 1.21. The molecule has 1 aromatic rings. The van der Waals surface area contributed by atoms with Crippen LogP contribution in [-0.2, 0) is 4.74 Å². The number of piperazine rings is 1. The van der Waals surface area contributed by atoms with Crippen LogP contribution in [0.25, 0.3) is 0 Å². The molecule has 0 radical (unpaired) electrons. The number of hydrogen-bond acceptors (Lipinski definition) is 5. The van der Waals surface area contributed by atoms with Crippen LogP contribution in [0.3, 0.4) is 0 Å². The van der Waals surface area contributed by atoms with Crippen LogP contribution in [0.2, 0.25) is 0 Å². The number of nitrogens with two attached hydrogens (primary N) is 1. The molecule has 1 fully saturated rings. The van der Waals surface area contributed by atoms with Gasteiger partial charge in [-0.15, -0.1) is 0 Å². The van der Waals surface area contributed by atoms with Crippen LogP contribution in [0, 0.1) is 0 Å². The smallest absolute Gasteiger partial charge is 0.409 e. The Balaban J connectivity index is 1.96. The van der Waals surface area contributed by atoms with E-state index >= 15 is 0 Å². The third-order valence-corrected chi connectivity index (χ3v) is 3.16. The number of carbonyl (C=O) groups is 2. The van der Waals surface area contributed by atoms with E-state index in [2.05, 4.69) is 4.98 Å². The number of amides is 2. The van der Waals surface area contributed by atoms with E-state index in [1.807, 2.05) is 0 Å². The highest BCUT2D eigenvalue weighted by atomic mass is 16.6. The largest absolute Gasteiger partial charge is 0.450 e. The zero-order chi connectivity index (χ0) is 14.5. The van der Waals surface area contributed by atoms with Crippen molar-refractivity contribution in [3.05, 3.63) is 23.9 Å². The van der Waals surface area contributed by atoms with Gasteiger partial charge in [0.15, 0.2) is 0 Å². The third kappa shape index (κ3) is 2.98. The van der Waals surface area contributed by atoms with Gasteiger partial charge in [0.1, 0.15) is 5.82 Å². The number of nitrogen functional groups attached to an aromatic ring is 1. The lowest BCUT2D eigenvalue weighted by Gasteiger charge is -2.34. The van der Waals surface area contributed by atoms with Crippen LogP contribution in [0.1, 0.15) is 17.3 Å². The first-order valence-corrected chi connectivity index (χ1v) is 6.55. The van der Waals surface area contributed by atoms with Gasteiger partial charge >= 0.3 is 6.09 Å². The van der Waals surface area contributed by atoms with E-state index in [0.29, 0.717) is 38.3 Å². The second kappa shape index (κ2) is 6.23. The maximum absolute atomic E-state index is 12.3. The number of aromatic nitrogens is 1. The highest BCUT2D eigenvalue weighted by molar-refractivity contribution is 5.98. The second-order valence-corrected chi connectivity index (χ2v) is 4.41. The molecule has 108 valence electrons. The fraction of sp³-hybridized carbons (Fsp3) is 0.462. The number of nitrogens with zero attached hydrogens (tertiary/aromatic N) is 3. The van der Waals surface area contributed by atoms with E-state index in [1.165, 1.54) is 0 Å². The molecule has 0 bridgehead atoms. The van der Waals surface area contributed by atoms with Gasteiger partial charge in [-0.2, -0.15) is 0 Å². The number of rotatable bonds is 2. The highest BCUT2D eigenvalue weighted by Gasteiger charge is 2.26. The topological polar surface area (TPSA) is 88.8 Å². The van der Waals surface area contributed by atoms with Gasteiger partial charge in [-0.1, -0.05) is 0 Å². The summed E-state index contributed by atoms with van der Waals surface area (Å²) >= 11 is 0. The van der Waals surface area contributed by atoms with E-state index < -0.39 is 0 Å². The summed E-state index contributed by atoms with van der Waals surface area (Å²) in [4.78, 5) is 31.0. The Hall–Kier alpha value is -2.31. The van der Waals surface area contributed by atoms with Crippen molar-refractivity contribution < 1.29 is 14.3 Å². The molecule has 20 heavy (non-hydrogen) atoms. The van der Waals surface area contributed by atoms with Crippen molar-refractivity contribution >= 4 is 17.8 Å². The van der Waals surface area contributed by atoms with Crippen LogP contribution in [-0.4, -0.2) is 59.6 Å². The van der Waals surface area contributed by atoms with Crippen molar-refractivity contribution in [2.45, 2.75) is 6.92 Å². The van der Waals surface area contributed by atoms with Crippen molar-refractivity contribution in [3.8, 4) is 0 Å². The van der Waals surface area contributed by atoms with E-state index in [-0.39, 0.29) is 17.8 Å². The Kier molecular flexibility index (Phi) is 4.39. The number of ether oxygens (including phenoxy) is 1. The monoisotopic (exact) mass is 278 g/mol. The molecule has 1 aromatic heterocycles. The SMILES string of the molecule is CCOC(=O)N1CCN(C(=O)c2cccnc2N)CC1. The standard InChI is InChI=1S/C13H18N4O3/c1-2-20-13(19)17-8-6-16(7-9-17)12(18)10-4-3-5-15-11(10)14/h3-5H,2,6-9H2,1H3,(H2,14,15). The van der Waals surface area contributed by atoms with Gasteiger partial charge < -0.3 is 20.3 Å². The van der Waals surface area contributed by atoms with Crippen LogP contribution in [0.4, 0.5) is 10.6 Å². The lowest BCUT2D eigenvalue weighted by molar-refractivity contribution is 0.0571. The fourth-order valence-corrected chi connectivity index (χ4v) is 2.08. The zero-order valence-corrected chi connectivity index (χ0v) is 11.4. The average Bonchev–Trinajstić information content (AvgIpc) is 2.47. The van der Waals surface area contributed by atoms with Crippen molar-refractivity contribution in [2.75, 3.05) is 38.5 Å². The molecule has 0 atom stereocenters. The molecule has 1 aliphatic rings. The molecule has 2 heterocycles. The van der Waals surface area contributed by atoms with Crippen LogP contribution in [0.5, 0.6) is 0 Å².